The molecule has 2 N–H and O–H groups in total. The predicted molar refractivity (Wildman–Crippen MR) is 78.1 cm³/mol. The van der Waals surface area contributed by atoms with Gasteiger partial charge in [-0.25, -0.2) is 4.98 Å². The molecule has 18 heavy (non-hydrogen) atoms. The summed E-state index contributed by atoms with van der Waals surface area (Å²) >= 11 is 13.5. The molecule has 0 saturated heterocycles. The maximum absolute atomic E-state index is 6.01. The standard InChI is InChI=1S/C11H12Cl2N4S/c1-14-11-16-6-8(12)10(17-11)15-5-4-7-2-3-9(13)18-7/h2-3,6H,4-5H2,1H3,(H2,14,15,16,17). The number of hydrogen-bond donors (Lipinski definition) is 2. The topological polar surface area (TPSA) is 49.8 Å². The van der Waals surface area contributed by atoms with Crippen molar-refractivity contribution in [2.75, 3.05) is 24.2 Å². The van der Waals surface area contributed by atoms with Gasteiger partial charge in [-0.3, -0.25) is 0 Å². The molecule has 2 aromatic heterocycles. The summed E-state index contributed by atoms with van der Waals surface area (Å²) in [6.07, 6.45) is 2.46. The van der Waals surface area contributed by atoms with E-state index < -0.39 is 0 Å². The lowest BCUT2D eigenvalue weighted by Crippen LogP contribution is -2.08. The molecule has 2 heterocycles. The molecule has 0 bridgehead atoms. The van der Waals surface area contributed by atoms with Crippen LogP contribution in [-0.4, -0.2) is 23.6 Å². The molecule has 7 heteroatoms. The fourth-order valence-corrected chi connectivity index (χ4v) is 2.65. The third kappa shape index (κ3) is 3.48. The van der Waals surface area contributed by atoms with Crippen molar-refractivity contribution in [2.24, 2.45) is 0 Å². The van der Waals surface area contributed by atoms with E-state index in [0.29, 0.717) is 16.8 Å². The van der Waals surface area contributed by atoms with Gasteiger partial charge in [-0.1, -0.05) is 23.2 Å². The molecule has 4 nitrogen and oxygen atoms in total. The van der Waals surface area contributed by atoms with Crippen molar-refractivity contribution in [1.29, 1.82) is 0 Å². The summed E-state index contributed by atoms with van der Waals surface area (Å²) < 4.78 is 0.808. The molecule has 0 spiro atoms. The highest BCUT2D eigenvalue weighted by Gasteiger charge is 2.04. The number of anilines is 2. The number of rotatable bonds is 5. The SMILES string of the molecule is CNc1ncc(Cl)c(NCCc2ccc(Cl)s2)n1. The van der Waals surface area contributed by atoms with Gasteiger partial charge in [0.15, 0.2) is 0 Å². The fraction of sp³-hybridized carbons (Fsp3) is 0.273. The number of aromatic nitrogens is 2. The number of halogens is 2. The molecule has 0 fully saturated rings. The summed E-state index contributed by atoms with van der Waals surface area (Å²) in [5.41, 5.74) is 0. The van der Waals surface area contributed by atoms with E-state index in [-0.39, 0.29) is 0 Å². The molecule has 0 unspecified atom stereocenters. The molecule has 0 radical (unpaired) electrons. The third-order valence-electron chi connectivity index (χ3n) is 2.26. The first-order chi connectivity index (χ1) is 8.69. The van der Waals surface area contributed by atoms with Crippen molar-refractivity contribution in [1.82, 2.24) is 9.97 Å². The minimum absolute atomic E-state index is 0.512. The molecule has 0 atom stereocenters. The maximum Gasteiger partial charge on any atom is 0.224 e. The van der Waals surface area contributed by atoms with E-state index in [2.05, 4.69) is 20.6 Å². The molecule has 0 aliphatic heterocycles. The van der Waals surface area contributed by atoms with Crippen LogP contribution in [0.15, 0.2) is 18.3 Å². The molecule has 2 rings (SSSR count). The van der Waals surface area contributed by atoms with E-state index in [1.54, 1.807) is 24.6 Å². The van der Waals surface area contributed by atoms with Crippen LogP contribution in [-0.2, 0) is 6.42 Å². The van der Waals surface area contributed by atoms with Gasteiger partial charge >= 0.3 is 0 Å². The lowest BCUT2D eigenvalue weighted by atomic mass is 10.3. The zero-order valence-corrected chi connectivity index (χ0v) is 12.0. The van der Waals surface area contributed by atoms with Crippen molar-refractivity contribution in [3.63, 3.8) is 0 Å². The molecule has 0 aliphatic rings. The van der Waals surface area contributed by atoms with Gasteiger partial charge in [0.05, 0.1) is 10.5 Å². The van der Waals surface area contributed by atoms with Crippen LogP contribution in [0.5, 0.6) is 0 Å². The van der Waals surface area contributed by atoms with Crippen molar-refractivity contribution < 1.29 is 0 Å². The Morgan fingerprint density at radius 1 is 1.33 bits per heavy atom. The minimum atomic E-state index is 0.512. The van der Waals surface area contributed by atoms with Gasteiger partial charge in [-0.05, 0) is 18.6 Å². The van der Waals surface area contributed by atoms with E-state index in [1.807, 2.05) is 12.1 Å². The average Bonchev–Trinajstić information content (AvgIpc) is 2.77. The lowest BCUT2D eigenvalue weighted by Gasteiger charge is -2.07. The van der Waals surface area contributed by atoms with Crippen LogP contribution in [0.2, 0.25) is 9.36 Å². The maximum atomic E-state index is 6.01. The molecule has 0 saturated carbocycles. The first-order valence-electron chi connectivity index (χ1n) is 5.37. The molecule has 2 aromatic rings. The van der Waals surface area contributed by atoms with Crippen LogP contribution >= 0.6 is 34.5 Å². The van der Waals surface area contributed by atoms with Crippen molar-refractivity contribution in [3.05, 3.63) is 32.6 Å². The van der Waals surface area contributed by atoms with Crippen LogP contribution in [0.25, 0.3) is 0 Å². The van der Waals surface area contributed by atoms with E-state index in [0.717, 1.165) is 17.3 Å². The first kappa shape index (κ1) is 13.4. The van der Waals surface area contributed by atoms with Crippen molar-refractivity contribution in [2.45, 2.75) is 6.42 Å². The number of hydrogen-bond acceptors (Lipinski definition) is 5. The largest absolute Gasteiger partial charge is 0.368 e. The number of nitrogens with one attached hydrogen (secondary N) is 2. The summed E-state index contributed by atoms with van der Waals surface area (Å²) in [6, 6.07) is 3.92. The van der Waals surface area contributed by atoms with E-state index in [4.69, 9.17) is 23.2 Å². The second-order valence-electron chi connectivity index (χ2n) is 3.52. The second-order valence-corrected chi connectivity index (χ2v) is 5.73. The van der Waals surface area contributed by atoms with Crippen molar-refractivity contribution >= 4 is 46.3 Å². The first-order valence-corrected chi connectivity index (χ1v) is 6.94. The Balaban J connectivity index is 1.93. The fourth-order valence-electron chi connectivity index (χ4n) is 1.40. The highest BCUT2D eigenvalue weighted by Crippen LogP contribution is 2.22. The monoisotopic (exact) mass is 302 g/mol. The number of nitrogens with zero attached hydrogens (tertiary/aromatic N) is 2. The highest BCUT2D eigenvalue weighted by atomic mass is 35.5. The van der Waals surface area contributed by atoms with E-state index in [1.165, 1.54) is 4.88 Å². The molecule has 0 aromatic carbocycles. The molecule has 96 valence electrons. The summed E-state index contributed by atoms with van der Waals surface area (Å²) in [5.74, 6) is 1.18. The Hall–Kier alpha value is -1.04. The minimum Gasteiger partial charge on any atom is -0.368 e. The summed E-state index contributed by atoms with van der Waals surface area (Å²) in [6.45, 7) is 0.747. The van der Waals surface area contributed by atoms with Gasteiger partial charge in [0, 0.05) is 18.5 Å². The number of thiophene rings is 1. The highest BCUT2D eigenvalue weighted by molar-refractivity contribution is 7.16. The van der Waals surface area contributed by atoms with Crippen LogP contribution < -0.4 is 10.6 Å². The Bertz CT molecular complexity index is 530. The zero-order chi connectivity index (χ0) is 13.0. The van der Waals surface area contributed by atoms with Crippen LogP contribution in [0.1, 0.15) is 4.88 Å². The van der Waals surface area contributed by atoms with Crippen molar-refractivity contribution in [3.8, 4) is 0 Å². The van der Waals surface area contributed by atoms with E-state index >= 15 is 0 Å². The third-order valence-corrected chi connectivity index (χ3v) is 3.83. The Morgan fingerprint density at radius 3 is 2.83 bits per heavy atom. The quantitative estimate of drug-likeness (QED) is 0.887. The summed E-state index contributed by atoms with van der Waals surface area (Å²) in [4.78, 5) is 9.48. The Morgan fingerprint density at radius 2 is 2.17 bits per heavy atom. The Kier molecular flexibility index (Phi) is 4.63. The van der Waals surface area contributed by atoms with Crippen LogP contribution in [0, 0.1) is 0 Å². The summed E-state index contributed by atoms with van der Waals surface area (Å²) in [5, 5.41) is 6.57. The van der Waals surface area contributed by atoms with Crippen LogP contribution in [0.3, 0.4) is 0 Å². The second kappa shape index (κ2) is 6.22. The van der Waals surface area contributed by atoms with Gasteiger partial charge in [-0.2, -0.15) is 4.98 Å². The van der Waals surface area contributed by atoms with Crippen LogP contribution in [0.4, 0.5) is 11.8 Å². The van der Waals surface area contributed by atoms with Gasteiger partial charge in [0.25, 0.3) is 0 Å². The molecule has 0 aliphatic carbocycles. The molecular weight excluding hydrogens is 291 g/mol. The van der Waals surface area contributed by atoms with Gasteiger partial charge in [0.1, 0.15) is 10.8 Å². The zero-order valence-electron chi connectivity index (χ0n) is 9.70. The van der Waals surface area contributed by atoms with Gasteiger partial charge in [-0.15, -0.1) is 11.3 Å². The van der Waals surface area contributed by atoms with E-state index in [9.17, 15) is 0 Å². The molecule has 0 amide bonds. The predicted octanol–water partition coefficient (Wildman–Crippen LogP) is 3.54. The average molecular weight is 303 g/mol. The normalized spacial score (nSPS) is 10.4. The van der Waals surface area contributed by atoms with Gasteiger partial charge < -0.3 is 10.6 Å². The molecular formula is C11H12Cl2N4S. The smallest absolute Gasteiger partial charge is 0.224 e. The lowest BCUT2D eigenvalue weighted by molar-refractivity contribution is 1.02. The summed E-state index contributed by atoms with van der Waals surface area (Å²) in [7, 11) is 1.76. The van der Waals surface area contributed by atoms with Gasteiger partial charge in [0.2, 0.25) is 5.95 Å². The Labute approximate surface area is 119 Å².